The second-order valence-corrected chi connectivity index (χ2v) is 12.0. The fraction of sp³-hybridized carbons (Fsp3) is 0.226. The number of nitrogens with one attached hydrogen (secondary N) is 1. The van der Waals surface area contributed by atoms with Crippen LogP contribution in [0.2, 0.25) is 5.02 Å². The van der Waals surface area contributed by atoms with Crippen LogP contribution in [0.15, 0.2) is 59.5 Å². The van der Waals surface area contributed by atoms with Crippen LogP contribution in [0.5, 0.6) is 11.5 Å². The van der Waals surface area contributed by atoms with Crippen molar-refractivity contribution >= 4 is 80.7 Å². The molecule has 1 aliphatic rings. The maximum absolute atomic E-state index is 13.1. The number of carbonyl (C=O) groups excluding carboxylic acids is 4. The molecule has 3 aromatic carbocycles. The number of aryl methyl sites for hydroxylation is 1. The molecular formula is C31H28ClIN2O7S. The largest absolute Gasteiger partial charge is 0.493 e. The predicted octanol–water partition coefficient (Wildman–Crippen LogP) is 7.08. The molecule has 1 aliphatic heterocycles. The van der Waals surface area contributed by atoms with Crippen LogP contribution in [0.25, 0.3) is 6.08 Å². The highest BCUT2D eigenvalue weighted by Crippen LogP contribution is 2.37. The van der Waals surface area contributed by atoms with Gasteiger partial charge in [0, 0.05) is 5.69 Å². The van der Waals surface area contributed by atoms with Gasteiger partial charge >= 0.3 is 5.97 Å². The van der Waals surface area contributed by atoms with Gasteiger partial charge in [-0.3, -0.25) is 19.3 Å². The fourth-order valence-electron chi connectivity index (χ4n) is 3.97. The van der Waals surface area contributed by atoms with Gasteiger partial charge in [0.15, 0.2) is 11.5 Å². The summed E-state index contributed by atoms with van der Waals surface area (Å²) >= 11 is 8.98. The summed E-state index contributed by atoms with van der Waals surface area (Å²) in [6.45, 7) is 3.96. The fourth-order valence-corrected chi connectivity index (χ4v) is 5.78. The summed E-state index contributed by atoms with van der Waals surface area (Å²) < 4.78 is 17.5. The minimum Gasteiger partial charge on any atom is -0.493 e. The van der Waals surface area contributed by atoms with Crippen molar-refractivity contribution in [2.45, 2.75) is 26.9 Å². The number of anilines is 1. The number of thioether (sulfide) groups is 1. The molecule has 3 aromatic rings. The first-order chi connectivity index (χ1) is 20.6. The number of rotatable bonds is 11. The standard InChI is InChI=1S/C31H28ClIN2O7S/c1-4-11-41-30(38)22-15-21(9-10-23(22)32)34-27(36)16-35-29(37)26(43-31(35)39)14-20-12-24(33)28(25(13-20)40-3)42-17-19-7-5-18(2)6-8-19/h5-10,12-15H,4,11,16-17H2,1-3H3,(H,34,36)/b26-14-. The molecule has 1 saturated heterocycles. The van der Waals surface area contributed by atoms with Crippen molar-refractivity contribution in [2.75, 3.05) is 25.6 Å². The lowest BCUT2D eigenvalue weighted by Crippen LogP contribution is -2.36. The van der Waals surface area contributed by atoms with Crippen LogP contribution < -0.4 is 14.8 Å². The maximum Gasteiger partial charge on any atom is 0.339 e. The minimum absolute atomic E-state index is 0.0960. The van der Waals surface area contributed by atoms with Crippen molar-refractivity contribution in [1.29, 1.82) is 0 Å². The number of benzene rings is 3. The first kappa shape index (κ1) is 32.4. The number of esters is 1. The average Bonchev–Trinajstić information content (AvgIpc) is 3.23. The molecule has 0 radical (unpaired) electrons. The normalized spacial score (nSPS) is 13.8. The van der Waals surface area contributed by atoms with Gasteiger partial charge in [0.25, 0.3) is 11.1 Å². The Hall–Kier alpha value is -3.55. The first-order valence-corrected chi connectivity index (χ1v) is 15.4. The van der Waals surface area contributed by atoms with Crippen molar-refractivity contribution in [1.82, 2.24) is 4.90 Å². The Kier molecular flexibility index (Phi) is 11.1. The van der Waals surface area contributed by atoms with Crippen LogP contribution in [-0.2, 0) is 20.9 Å². The molecular weight excluding hydrogens is 707 g/mol. The van der Waals surface area contributed by atoms with E-state index in [1.54, 1.807) is 12.1 Å². The topological polar surface area (TPSA) is 111 Å². The molecule has 1 N–H and O–H groups in total. The predicted molar refractivity (Wildman–Crippen MR) is 175 cm³/mol. The number of imide groups is 1. The molecule has 0 atom stereocenters. The Balaban J connectivity index is 1.43. The van der Waals surface area contributed by atoms with Crippen LogP contribution in [0.3, 0.4) is 0 Å². The van der Waals surface area contributed by atoms with E-state index in [0.717, 1.165) is 31.4 Å². The zero-order chi connectivity index (χ0) is 31.1. The van der Waals surface area contributed by atoms with E-state index in [-0.39, 0.29) is 27.8 Å². The lowest BCUT2D eigenvalue weighted by Gasteiger charge is -2.14. The van der Waals surface area contributed by atoms with E-state index in [4.69, 9.17) is 25.8 Å². The lowest BCUT2D eigenvalue weighted by molar-refractivity contribution is -0.127. The molecule has 1 fully saturated rings. The third-order valence-corrected chi connectivity index (χ3v) is 8.17. The highest BCUT2D eigenvalue weighted by molar-refractivity contribution is 14.1. The van der Waals surface area contributed by atoms with E-state index in [9.17, 15) is 19.2 Å². The van der Waals surface area contributed by atoms with Gasteiger partial charge in [-0.2, -0.15) is 0 Å². The number of hydrogen-bond acceptors (Lipinski definition) is 8. The summed E-state index contributed by atoms with van der Waals surface area (Å²) in [4.78, 5) is 51.8. The number of hydrogen-bond donors (Lipinski definition) is 1. The molecule has 9 nitrogen and oxygen atoms in total. The Morgan fingerprint density at radius 3 is 2.53 bits per heavy atom. The van der Waals surface area contributed by atoms with E-state index in [0.29, 0.717) is 30.1 Å². The Bertz CT molecular complexity index is 1590. The van der Waals surface area contributed by atoms with Gasteiger partial charge in [-0.1, -0.05) is 48.4 Å². The van der Waals surface area contributed by atoms with Gasteiger partial charge in [0.05, 0.1) is 32.8 Å². The molecule has 1 heterocycles. The van der Waals surface area contributed by atoms with Crippen LogP contribution in [0.1, 0.15) is 40.4 Å². The number of ether oxygens (including phenoxy) is 3. The van der Waals surface area contributed by atoms with Crippen LogP contribution in [0, 0.1) is 10.5 Å². The molecule has 0 aromatic heterocycles. The third kappa shape index (κ3) is 8.30. The van der Waals surface area contributed by atoms with Gasteiger partial charge in [-0.05, 0) is 95.2 Å². The highest BCUT2D eigenvalue weighted by Gasteiger charge is 2.36. The molecule has 0 unspecified atom stereocenters. The van der Waals surface area contributed by atoms with Crippen molar-refractivity contribution in [3.05, 3.63) is 90.3 Å². The van der Waals surface area contributed by atoms with E-state index in [1.165, 1.54) is 25.3 Å². The first-order valence-electron chi connectivity index (χ1n) is 13.2. The van der Waals surface area contributed by atoms with Crippen molar-refractivity contribution in [3.63, 3.8) is 0 Å². The maximum atomic E-state index is 13.1. The molecule has 224 valence electrons. The number of carbonyl (C=O) groups is 4. The minimum atomic E-state index is -0.620. The van der Waals surface area contributed by atoms with Gasteiger partial charge in [-0.25, -0.2) is 4.79 Å². The van der Waals surface area contributed by atoms with Crippen molar-refractivity contribution < 1.29 is 33.4 Å². The van der Waals surface area contributed by atoms with Gasteiger partial charge in [-0.15, -0.1) is 0 Å². The SMILES string of the molecule is CCCOC(=O)c1cc(NC(=O)CN2C(=O)S/C(=C\c3cc(I)c(OCc4ccc(C)cc4)c(OC)c3)C2=O)ccc1Cl. The third-order valence-electron chi connectivity index (χ3n) is 6.14. The summed E-state index contributed by atoms with van der Waals surface area (Å²) in [5, 5.41) is 2.19. The molecule has 0 bridgehead atoms. The Labute approximate surface area is 272 Å². The number of nitrogens with zero attached hydrogens (tertiary/aromatic N) is 1. The zero-order valence-electron chi connectivity index (χ0n) is 23.6. The summed E-state index contributed by atoms with van der Waals surface area (Å²) in [6, 6.07) is 15.9. The Morgan fingerprint density at radius 2 is 1.84 bits per heavy atom. The van der Waals surface area contributed by atoms with E-state index in [2.05, 4.69) is 27.9 Å². The summed E-state index contributed by atoms with van der Waals surface area (Å²) in [7, 11) is 1.53. The van der Waals surface area contributed by atoms with Gasteiger partial charge < -0.3 is 19.5 Å². The average molecular weight is 735 g/mol. The van der Waals surface area contributed by atoms with Gasteiger partial charge in [0.1, 0.15) is 13.2 Å². The van der Waals surface area contributed by atoms with Crippen LogP contribution >= 0.6 is 46.0 Å². The van der Waals surface area contributed by atoms with Crippen molar-refractivity contribution in [2.24, 2.45) is 0 Å². The van der Waals surface area contributed by atoms with E-state index < -0.39 is 29.6 Å². The lowest BCUT2D eigenvalue weighted by atomic mass is 10.1. The molecule has 3 amide bonds. The Morgan fingerprint density at radius 1 is 1.09 bits per heavy atom. The molecule has 12 heteroatoms. The number of amides is 3. The number of halogens is 2. The molecule has 0 spiro atoms. The van der Waals surface area contributed by atoms with Crippen molar-refractivity contribution in [3.8, 4) is 11.5 Å². The second kappa shape index (κ2) is 14.8. The summed E-state index contributed by atoms with van der Waals surface area (Å²) in [5.74, 6) is -0.792. The highest BCUT2D eigenvalue weighted by atomic mass is 127. The van der Waals surface area contributed by atoms with Crippen LogP contribution in [0.4, 0.5) is 10.5 Å². The smallest absolute Gasteiger partial charge is 0.339 e. The summed E-state index contributed by atoms with van der Waals surface area (Å²) in [5.41, 5.74) is 3.16. The summed E-state index contributed by atoms with van der Waals surface area (Å²) in [6.07, 6.45) is 2.22. The monoisotopic (exact) mass is 734 g/mol. The van der Waals surface area contributed by atoms with Gasteiger partial charge in [0.2, 0.25) is 5.91 Å². The molecule has 0 saturated carbocycles. The molecule has 4 rings (SSSR count). The second-order valence-electron chi connectivity index (χ2n) is 9.45. The van der Waals surface area contributed by atoms with Crippen LogP contribution in [-0.4, -0.2) is 48.2 Å². The number of methoxy groups -OCH3 is 1. The quantitative estimate of drug-likeness (QED) is 0.126. The van der Waals surface area contributed by atoms with E-state index in [1.807, 2.05) is 44.2 Å². The van der Waals surface area contributed by atoms with E-state index >= 15 is 0 Å². The zero-order valence-corrected chi connectivity index (χ0v) is 27.3. The molecule has 43 heavy (non-hydrogen) atoms. The molecule has 0 aliphatic carbocycles.